The van der Waals surface area contributed by atoms with Crippen molar-refractivity contribution in [2.24, 2.45) is 0 Å². The quantitative estimate of drug-likeness (QED) is 0.356. The van der Waals surface area contributed by atoms with E-state index in [1.165, 1.54) is 7.11 Å². The van der Waals surface area contributed by atoms with Gasteiger partial charge in [0.25, 0.3) is 0 Å². The number of methoxy groups -OCH3 is 1. The minimum Gasteiger partial charge on any atom is -0.463 e. The Labute approximate surface area is 78.5 Å². The van der Waals surface area contributed by atoms with E-state index in [1.54, 1.807) is 13.8 Å². The third-order valence-corrected chi connectivity index (χ3v) is 1.39. The second kappa shape index (κ2) is 6.62. The predicted octanol–water partition coefficient (Wildman–Crippen LogP) is 1.11. The highest BCUT2D eigenvalue weighted by molar-refractivity contribution is 5.87. The Morgan fingerprint density at radius 2 is 2.15 bits per heavy atom. The lowest BCUT2D eigenvalue weighted by molar-refractivity contribution is -0.141. The first-order valence-corrected chi connectivity index (χ1v) is 4.11. The van der Waals surface area contributed by atoms with Gasteiger partial charge in [-0.25, -0.2) is 4.79 Å². The average Bonchev–Trinajstić information content (AvgIpc) is 2.13. The van der Waals surface area contributed by atoms with Crippen molar-refractivity contribution in [1.82, 2.24) is 0 Å². The lowest BCUT2D eigenvalue weighted by atomic mass is 10.3. The summed E-state index contributed by atoms with van der Waals surface area (Å²) in [5, 5.41) is 0. The maximum atomic E-state index is 11.0. The van der Waals surface area contributed by atoms with Gasteiger partial charge in [0.1, 0.15) is 0 Å². The largest absolute Gasteiger partial charge is 0.463 e. The third kappa shape index (κ3) is 5.38. The molecule has 0 fully saturated rings. The summed E-state index contributed by atoms with van der Waals surface area (Å²) in [4.78, 5) is 11.0. The molecule has 0 aliphatic rings. The van der Waals surface area contributed by atoms with Crippen LogP contribution in [0.5, 0.6) is 0 Å². The Kier molecular flexibility index (Phi) is 6.18. The van der Waals surface area contributed by atoms with E-state index in [-0.39, 0.29) is 12.9 Å². The van der Waals surface area contributed by atoms with Gasteiger partial charge in [0.05, 0.1) is 18.8 Å². The van der Waals surface area contributed by atoms with Crippen molar-refractivity contribution in [3.8, 4) is 0 Å². The van der Waals surface area contributed by atoms with Gasteiger partial charge < -0.3 is 14.2 Å². The number of ether oxygens (including phenoxy) is 3. The lowest BCUT2D eigenvalue weighted by Crippen LogP contribution is -2.17. The normalized spacial score (nSPS) is 12.2. The molecule has 0 saturated heterocycles. The molecule has 13 heavy (non-hydrogen) atoms. The highest BCUT2D eigenvalue weighted by atomic mass is 16.7. The van der Waals surface area contributed by atoms with Gasteiger partial charge in [-0.15, -0.1) is 0 Å². The smallest absolute Gasteiger partial charge is 0.335 e. The monoisotopic (exact) mass is 188 g/mol. The highest BCUT2D eigenvalue weighted by Gasteiger charge is 2.09. The van der Waals surface area contributed by atoms with Crippen LogP contribution in [-0.4, -0.2) is 32.6 Å². The Bertz CT molecular complexity index is 176. The van der Waals surface area contributed by atoms with Gasteiger partial charge >= 0.3 is 5.97 Å². The van der Waals surface area contributed by atoms with E-state index in [9.17, 15) is 4.79 Å². The molecule has 0 rings (SSSR count). The van der Waals surface area contributed by atoms with Crippen LogP contribution >= 0.6 is 0 Å². The Hall–Kier alpha value is -0.870. The summed E-state index contributed by atoms with van der Waals surface area (Å²) in [6.45, 7) is 7.48. The van der Waals surface area contributed by atoms with E-state index in [0.717, 1.165) is 0 Å². The number of hydrogen-bond donors (Lipinski definition) is 0. The summed E-state index contributed by atoms with van der Waals surface area (Å²) in [6.07, 6.45) is -0.342. The second-order valence-electron chi connectivity index (χ2n) is 2.44. The molecular weight excluding hydrogens is 172 g/mol. The molecule has 0 amide bonds. The lowest BCUT2D eigenvalue weighted by Gasteiger charge is -2.11. The van der Waals surface area contributed by atoms with E-state index in [0.29, 0.717) is 12.2 Å². The minimum atomic E-state index is -0.425. The summed E-state index contributed by atoms with van der Waals surface area (Å²) in [6, 6.07) is 0. The molecule has 0 aromatic heterocycles. The van der Waals surface area contributed by atoms with Crippen molar-refractivity contribution in [2.45, 2.75) is 20.1 Å². The van der Waals surface area contributed by atoms with E-state index in [1.807, 2.05) is 0 Å². The molecule has 76 valence electrons. The minimum absolute atomic E-state index is 0.133. The number of carbonyl (C=O) groups is 1. The van der Waals surface area contributed by atoms with Crippen LogP contribution in [0.15, 0.2) is 12.2 Å². The number of carbonyl (C=O) groups excluding carboxylic acids is 1. The molecular formula is C9H16O4. The first-order chi connectivity index (χ1) is 6.11. The van der Waals surface area contributed by atoms with Crippen molar-refractivity contribution in [1.29, 1.82) is 0 Å². The molecule has 4 heteroatoms. The van der Waals surface area contributed by atoms with Gasteiger partial charge in [0.2, 0.25) is 0 Å². The number of rotatable bonds is 6. The van der Waals surface area contributed by atoms with Gasteiger partial charge in [-0.3, -0.25) is 0 Å². The molecule has 0 spiro atoms. The van der Waals surface area contributed by atoms with Crippen molar-refractivity contribution >= 4 is 5.97 Å². The zero-order valence-corrected chi connectivity index (χ0v) is 8.33. The third-order valence-electron chi connectivity index (χ3n) is 1.39. The first kappa shape index (κ1) is 12.1. The average molecular weight is 188 g/mol. The summed E-state index contributed by atoms with van der Waals surface area (Å²) in [5.74, 6) is -0.425. The van der Waals surface area contributed by atoms with Crippen molar-refractivity contribution < 1.29 is 19.0 Å². The van der Waals surface area contributed by atoms with Crippen LogP contribution in [0.2, 0.25) is 0 Å². The number of hydrogen-bond acceptors (Lipinski definition) is 4. The maximum Gasteiger partial charge on any atom is 0.335 e. The zero-order chi connectivity index (χ0) is 10.3. The summed E-state index contributed by atoms with van der Waals surface area (Å²) in [7, 11) is 1.53. The van der Waals surface area contributed by atoms with Crippen LogP contribution in [0, 0.1) is 0 Å². The molecule has 0 N–H and O–H groups in total. The van der Waals surface area contributed by atoms with Gasteiger partial charge in [-0.2, -0.15) is 0 Å². The number of esters is 1. The van der Waals surface area contributed by atoms with Crippen LogP contribution in [0.3, 0.4) is 0 Å². The summed E-state index contributed by atoms with van der Waals surface area (Å²) < 4.78 is 14.6. The van der Waals surface area contributed by atoms with Gasteiger partial charge in [-0.1, -0.05) is 6.58 Å². The standard InChI is InChI=1S/C9H16O4/c1-5-12-9(10)7(2)6-13-8(3)11-4/h8H,2,5-6H2,1,3-4H3. The topological polar surface area (TPSA) is 44.8 Å². The van der Waals surface area contributed by atoms with Crippen molar-refractivity contribution in [3.63, 3.8) is 0 Å². The molecule has 0 heterocycles. The van der Waals surface area contributed by atoms with Crippen molar-refractivity contribution in [3.05, 3.63) is 12.2 Å². The fraction of sp³-hybridized carbons (Fsp3) is 0.667. The molecule has 0 saturated carbocycles. The van der Waals surface area contributed by atoms with E-state index in [4.69, 9.17) is 14.2 Å². The van der Waals surface area contributed by atoms with Crippen molar-refractivity contribution in [2.75, 3.05) is 20.3 Å². The van der Waals surface area contributed by atoms with E-state index >= 15 is 0 Å². The van der Waals surface area contributed by atoms with Crippen LogP contribution in [-0.2, 0) is 19.0 Å². The fourth-order valence-electron chi connectivity index (χ4n) is 0.578. The summed E-state index contributed by atoms with van der Waals surface area (Å²) >= 11 is 0. The highest BCUT2D eigenvalue weighted by Crippen LogP contribution is 1.99. The van der Waals surface area contributed by atoms with Gasteiger partial charge in [-0.05, 0) is 13.8 Å². The van der Waals surface area contributed by atoms with E-state index < -0.39 is 5.97 Å². The molecule has 4 nitrogen and oxygen atoms in total. The molecule has 0 aliphatic heterocycles. The zero-order valence-electron chi connectivity index (χ0n) is 8.33. The predicted molar refractivity (Wildman–Crippen MR) is 48.2 cm³/mol. The molecule has 0 aliphatic carbocycles. The van der Waals surface area contributed by atoms with Gasteiger partial charge in [0.15, 0.2) is 6.29 Å². The van der Waals surface area contributed by atoms with Crippen LogP contribution in [0.4, 0.5) is 0 Å². The first-order valence-electron chi connectivity index (χ1n) is 4.11. The molecule has 0 aromatic carbocycles. The Balaban J connectivity index is 3.68. The van der Waals surface area contributed by atoms with E-state index in [2.05, 4.69) is 6.58 Å². The van der Waals surface area contributed by atoms with Crippen LogP contribution in [0.25, 0.3) is 0 Å². The molecule has 0 radical (unpaired) electrons. The Morgan fingerprint density at radius 3 is 2.62 bits per heavy atom. The van der Waals surface area contributed by atoms with Gasteiger partial charge in [0, 0.05) is 7.11 Å². The molecule has 0 aromatic rings. The molecule has 1 atom stereocenters. The fourth-order valence-corrected chi connectivity index (χ4v) is 0.578. The molecule has 1 unspecified atom stereocenters. The van der Waals surface area contributed by atoms with Crippen LogP contribution < -0.4 is 0 Å². The Morgan fingerprint density at radius 1 is 1.54 bits per heavy atom. The molecule has 0 bridgehead atoms. The maximum absolute atomic E-state index is 11.0. The summed E-state index contributed by atoms with van der Waals surface area (Å²) in [5.41, 5.74) is 0.297. The SMILES string of the molecule is C=C(COC(C)OC)C(=O)OCC. The van der Waals surface area contributed by atoms with Crippen LogP contribution in [0.1, 0.15) is 13.8 Å². The second-order valence-corrected chi connectivity index (χ2v) is 2.44.